The summed E-state index contributed by atoms with van der Waals surface area (Å²) in [6, 6.07) is 17.2. The number of carbonyl (C=O) groups excluding carboxylic acids is 1. The van der Waals surface area contributed by atoms with Gasteiger partial charge in [-0.3, -0.25) is 14.2 Å². The van der Waals surface area contributed by atoms with E-state index in [1.165, 1.54) is 10.9 Å². The van der Waals surface area contributed by atoms with Gasteiger partial charge in [-0.25, -0.2) is 4.98 Å². The second-order valence-electron chi connectivity index (χ2n) is 6.75. The molecule has 2 aromatic heterocycles. The van der Waals surface area contributed by atoms with Crippen LogP contribution in [-0.2, 0) is 17.9 Å². The molecule has 0 aliphatic rings. The molecule has 0 aliphatic heterocycles. The molecule has 142 valence electrons. The molecule has 4 rings (SSSR count). The third-order valence-electron chi connectivity index (χ3n) is 4.72. The van der Waals surface area contributed by atoms with Gasteiger partial charge in [-0.05, 0) is 24.1 Å². The molecule has 0 saturated heterocycles. The summed E-state index contributed by atoms with van der Waals surface area (Å²) < 4.78 is 7.01. The van der Waals surface area contributed by atoms with Crippen molar-refractivity contribution in [3.8, 4) is 0 Å². The van der Waals surface area contributed by atoms with E-state index in [-0.39, 0.29) is 23.6 Å². The number of fused-ring (bicyclic) bond motifs is 3. The first-order valence-corrected chi connectivity index (χ1v) is 9.35. The molecule has 2 aromatic carbocycles. The number of benzene rings is 2. The Balaban J connectivity index is 1.62. The van der Waals surface area contributed by atoms with Crippen LogP contribution < -0.4 is 5.56 Å². The van der Waals surface area contributed by atoms with Gasteiger partial charge in [0.15, 0.2) is 0 Å². The fraction of sp³-hybridized carbons (Fsp3) is 0.227. The van der Waals surface area contributed by atoms with E-state index in [1.54, 1.807) is 11.0 Å². The van der Waals surface area contributed by atoms with Crippen molar-refractivity contribution < 1.29 is 9.21 Å². The van der Waals surface area contributed by atoms with Gasteiger partial charge in [0.2, 0.25) is 11.5 Å². The molecule has 1 amide bonds. The Kier molecular flexibility index (Phi) is 4.93. The van der Waals surface area contributed by atoms with Gasteiger partial charge < -0.3 is 9.32 Å². The van der Waals surface area contributed by atoms with Crippen molar-refractivity contribution in [2.45, 2.75) is 26.4 Å². The van der Waals surface area contributed by atoms with E-state index in [0.29, 0.717) is 24.2 Å². The highest BCUT2D eigenvalue weighted by atomic mass is 16.3. The summed E-state index contributed by atoms with van der Waals surface area (Å²) in [5.41, 5.74) is 2.04. The van der Waals surface area contributed by atoms with Gasteiger partial charge >= 0.3 is 0 Å². The zero-order chi connectivity index (χ0) is 19.5. The van der Waals surface area contributed by atoms with Gasteiger partial charge in [0.25, 0.3) is 5.56 Å². The van der Waals surface area contributed by atoms with Crippen molar-refractivity contribution >= 4 is 28.0 Å². The van der Waals surface area contributed by atoms with Crippen molar-refractivity contribution in [2.24, 2.45) is 0 Å². The molecular formula is C22H21N3O3. The summed E-state index contributed by atoms with van der Waals surface area (Å²) in [6.45, 7) is 3.11. The minimum absolute atomic E-state index is 0.0638. The first-order chi connectivity index (χ1) is 13.7. The Morgan fingerprint density at radius 2 is 1.86 bits per heavy atom. The lowest BCUT2D eigenvalue weighted by Gasteiger charge is -2.22. The second kappa shape index (κ2) is 7.68. The van der Waals surface area contributed by atoms with Crippen LogP contribution in [0.2, 0.25) is 0 Å². The Hall–Kier alpha value is -3.41. The Labute approximate surface area is 162 Å². The molecule has 0 aliphatic carbocycles. The summed E-state index contributed by atoms with van der Waals surface area (Å²) in [7, 11) is 0. The zero-order valence-corrected chi connectivity index (χ0v) is 15.7. The van der Waals surface area contributed by atoms with Crippen LogP contribution in [0, 0.1) is 0 Å². The standard InChI is InChI=1S/C22H21N3O3/c1-2-12-24(13-16-8-4-3-5-9-16)19(26)14-25-15-23-20-17-10-6-7-11-18(17)28-21(20)22(25)27/h3-11,15H,2,12-14H2,1H3. The maximum absolute atomic E-state index is 12.9. The number of rotatable bonds is 6. The van der Waals surface area contributed by atoms with Crippen LogP contribution in [0.1, 0.15) is 18.9 Å². The molecule has 0 bridgehead atoms. The van der Waals surface area contributed by atoms with Gasteiger partial charge in [-0.1, -0.05) is 49.4 Å². The quantitative estimate of drug-likeness (QED) is 0.517. The maximum Gasteiger partial charge on any atom is 0.297 e. The summed E-state index contributed by atoms with van der Waals surface area (Å²) in [5, 5.41) is 0.796. The Bertz CT molecular complexity index is 1180. The van der Waals surface area contributed by atoms with Crippen molar-refractivity contribution in [1.29, 1.82) is 0 Å². The van der Waals surface area contributed by atoms with E-state index in [4.69, 9.17) is 4.42 Å². The molecule has 28 heavy (non-hydrogen) atoms. The molecule has 2 heterocycles. The predicted octanol–water partition coefficient (Wildman–Crippen LogP) is 3.58. The Morgan fingerprint density at radius 3 is 2.64 bits per heavy atom. The first kappa shape index (κ1) is 18.0. The normalized spacial score (nSPS) is 11.2. The monoisotopic (exact) mass is 375 g/mol. The number of aromatic nitrogens is 2. The number of furan rings is 1. The van der Waals surface area contributed by atoms with Crippen LogP contribution in [0.4, 0.5) is 0 Å². The molecule has 0 fully saturated rings. The van der Waals surface area contributed by atoms with Crippen LogP contribution in [0.15, 0.2) is 70.1 Å². The zero-order valence-electron chi connectivity index (χ0n) is 15.7. The third-order valence-corrected chi connectivity index (χ3v) is 4.72. The van der Waals surface area contributed by atoms with Gasteiger partial charge in [0.05, 0.1) is 6.33 Å². The van der Waals surface area contributed by atoms with E-state index in [2.05, 4.69) is 4.98 Å². The highest BCUT2D eigenvalue weighted by Crippen LogP contribution is 2.24. The number of hydrogen-bond donors (Lipinski definition) is 0. The van der Waals surface area contributed by atoms with Gasteiger partial charge in [-0.15, -0.1) is 0 Å². The summed E-state index contributed by atoms with van der Waals surface area (Å²) in [6.07, 6.45) is 2.27. The molecule has 6 nitrogen and oxygen atoms in total. The molecular weight excluding hydrogens is 354 g/mol. The lowest BCUT2D eigenvalue weighted by molar-refractivity contribution is -0.132. The van der Waals surface area contributed by atoms with E-state index in [0.717, 1.165) is 17.4 Å². The second-order valence-corrected chi connectivity index (χ2v) is 6.75. The highest BCUT2D eigenvalue weighted by Gasteiger charge is 2.18. The topological polar surface area (TPSA) is 68.3 Å². The predicted molar refractivity (Wildman–Crippen MR) is 108 cm³/mol. The average molecular weight is 375 g/mol. The van der Waals surface area contributed by atoms with E-state index in [9.17, 15) is 9.59 Å². The van der Waals surface area contributed by atoms with Gasteiger partial charge in [0, 0.05) is 18.5 Å². The molecule has 4 aromatic rings. The van der Waals surface area contributed by atoms with Crippen LogP contribution >= 0.6 is 0 Å². The molecule has 6 heteroatoms. The fourth-order valence-electron chi connectivity index (χ4n) is 3.34. The highest BCUT2D eigenvalue weighted by molar-refractivity contribution is 6.01. The number of hydrogen-bond acceptors (Lipinski definition) is 4. The van der Waals surface area contributed by atoms with Crippen LogP contribution in [0.5, 0.6) is 0 Å². The molecule has 0 atom stereocenters. The van der Waals surface area contributed by atoms with E-state index >= 15 is 0 Å². The molecule has 0 spiro atoms. The van der Waals surface area contributed by atoms with Gasteiger partial charge in [-0.2, -0.15) is 0 Å². The van der Waals surface area contributed by atoms with Crippen molar-refractivity contribution in [3.05, 3.63) is 76.8 Å². The minimum atomic E-state index is -0.342. The molecule has 0 saturated carbocycles. The SMILES string of the molecule is CCCN(Cc1ccccc1)C(=O)Cn1cnc2c(oc3ccccc32)c1=O. The van der Waals surface area contributed by atoms with E-state index in [1.807, 2.05) is 55.5 Å². The van der Waals surface area contributed by atoms with E-state index < -0.39 is 0 Å². The summed E-state index contributed by atoms with van der Waals surface area (Å²) >= 11 is 0. The molecule has 0 unspecified atom stereocenters. The number of amides is 1. The number of para-hydroxylation sites is 1. The molecule has 0 N–H and O–H groups in total. The van der Waals surface area contributed by atoms with Crippen molar-refractivity contribution in [3.63, 3.8) is 0 Å². The number of nitrogens with zero attached hydrogens (tertiary/aromatic N) is 3. The lowest BCUT2D eigenvalue weighted by atomic mass is 10.2. The Morgan fingerprint density at radius 1 is 1.11 bits per heavy atom. The minimum Gasteiger partial charge on any atom is -0.448 e. The third kappa shape index (κ3) is 3.41. The van der Waals surface area contributed by atoms with Crippen molar-refractivity contribution in [2.75, 3.05) is 6.54 Å². The first-order valence-electron chi connectivity index (χ1n) is 9.35. The summed E-state index contributed by atoms with van der Waals surface area (Å²) in [5.74, 6) is -0.120. The molecule has 0 radical (unpaired) electrons. The summed E-state index contributed by atoms with van der Waals surface area (Å²) in [4.78, 5) is 31.8. The average Bonchev–Trinajstić information content (AvgIpc) is 3.10. The van der Waals surface area contributed by atoms with Crippen LogP contribution in [0.25, 0.3) is 22.1 Å². The smallest absolute Gasteiger partial charge is 0.297 e. The lowest BCUT2D eigenvalue weighted by Crippen LogP contribution is -2.36. The van der Waals surface area contributed by atoms with Gasteiger partial charge in [0.1, 0.15) is 17.6 Å². The van der Waals surface area contributed by atoms with Crippen LogP contribution in [-0.4, -0.2) is 26.9 Å². The van der Waals surface area contributed by atoms with Crippen LogP contribution in [0.3, 0.4) is 0 Å². The largest absolute Gasteiger partial charge is 0.448 e. The van der Waals surface area contributed by atoms with Crippen molar-refractivity contribution in [1.82, 2.24) is 14.5 Å². The number of carbonyl (C=O) groups is 1. The maximum atomic E-state index is 12.9. The fourth-order valence-corrected chi connectivity index (χ4v) is 3.34.